The summed E-state index contributed by atoms with van der Waals surface area (Å²) in [7, 11) is 0. The summed E-state index contributed by atoms with van der Waals surface area (Å²) >= 11 is 3.80. The smallest absolute Gasteiger partial charge is 0.334 e. The molecule has 336 valence electrons. The number of ether oxygens (including phenoxy) is 2. The predicted molar refractivity (Wildman–Crippen MR) is 302 cm³/mol. The third-order valence-corrected chi connectivity index (χ3v) is 17.2. The molecule has 7 heteroatoms. The molecule has 15 rings (SSSR count). The molecule has 3 aliphatic heterocycles. The lowest BCUT2D eigenvalue weighted by atomic mass is 9.43. The summed E-state index contributed by atoms with van der Waals surface area (Å²) in [4.78, 5) is 5.24. The van der Waals surface area contributed by atoms with Crippen LogP contribution in [0.25, 0.3) is 74.4 Å². The molecule has 0 N–H and O–H groups in total. The summed E-state index contributed by atoms with van der Waals surface area (Å²) in [5.74, 6) is 2.83. The minimum absolute atomic E-state index is 0.0582. The Kier molecular flexibility index (Phi) is 8.73. The van der Waals surface area contributed by atoms with Gasteiger partial charge in [-0.3, -0.25) is 0 Å². The van der Waals surface area contributed by atoms with Crippen LogP contribution in [0.15, 0.2) is 206 Å². The SMILES string of the molecule is CC(C)(C)c1ccc(N2c3cc4c(sc5ccccc54)c4c3B(c3c2sc2cc5ccccc5cc32)N(c2ccc(-c3ccccc3)cc2)c2cc3c(cc2-4)Oc2ccccc2O3)c(-c2ccccc2)c1. The van der Waals surface area contributed by atoms with Crippen molar-refractivity contribution >= 4 is 109 Å². The number of hydrogen-bond acceptors (Lipinski definition) is 6. The van der Waals surface area contributed by atoms with Crippen LogP contribution in [-0.4, -0.2) is 6.85 Å². The maximum atomic E-state index is 6.82. The Morgan fingerprint density at radius 2 is 1.08 bits per heavy atom. The molecule has 0 unspecified atom stereocenters. The lowest BCUT2D eigenvalue weighted by Crippen LogP contribution is -2.61. The topological polar surface area (TPSA) is 24.9 Å². The maximum Gasteiger partial charge on any atom is 0.334 e. The monoisotopic (exact) mass is 946 g/mol. The molecule has 12 aromatic rings. The first-order valence-corrected chi connectivity index (χ1v) is 26.0. The molecule has 0 fully saturated rings. The minimum atomic E-state index is -0.227. The van der Waals surface area contributed by atoms with Gasteiger partial charge in [-0.2, -0.15) is 0 Å². The van der Waals surface area contributed by atoms with E-state index in [-0.39, 0.29) is 12.3 Å². The van der Waals surface area contributed by atoms with Crippen LogP contribution < -0.4 is 30.1 Å². The number of fused-ring (bicyclic) bond motifs is 13. The fourth-order valence-electron chi connectivity index (χ4n) is 11.4. The van der Waals surface area contributed by atoms with E-state index >= 15 is 0 Å². The van der Waals surface area contributed by atoms with Gasteiger partial charge in [-0.15, -0.1) is 22.7 Å². The van der Waals surface area contributed by atoms with Gasteiger partial charge in [0.25, 0.3) is 0 Å². The van der Waals surface area contributed by atoms with Crippen molar-refractivity contribution in [3.05, 3.63) is 212 Å². The molecular weight excluding hydrogens is 904 g/mol. The van der Waals surface area contributed by atoms with Crippen molar-refractivity contribution in [2.45, 2.75) is 26.2 Å². The minimum Gasteiger partial charge on any atom is -0.449 e. The van der Waals surface area contributed by atoms with Crippen LogP contribution in [-0.2, 0) is 5.41 Å². The normalized spacial score (nSPS) is 13.4. The molecule has 0 radical (unpaired) electrons. The molecule has 5 heterocycles. The second-order valence-electron chi connectivity index (χ2n) is 20.0. The van der Waals surface area contributed by atoms with E-state index < -0.39 is 0 Å². The number of benzene rings is 10. The molecule has 0 saturated carbocycles. The van der Waals surface area contributed by atoms with Crippen molar-refractivity contribution < 1.29 is 9.47 Å². The molecule has 3 aliphatic rings. The molecule has 0 amide bonds. The number of para-hydroxylation sites is 2. The second kappa shape index (κ2) is 15.2. The Labute approximate surface area is 420 Å². The van der Waals surface area contributed by atoms with Gasteiger partial charge in [0.1, 0.15) is 0 Å². The molecule has 10 aromatic carbocycles. The molecule has 2 aromatic heterocycles. The third-order valence-electron chi connectivity index (χ3n) is 14.8. The lowest BCUT2D eigenvalue weighted by Gasteiger charge is -2.45. The van der Waals surface area contributed by atoms with Crippen LogP contribution in [0, 0.1) is 0 Å². The predicted octanol–water partition coefficient (Wildman–Crippen LogP) is 17.7. The largest absolute Gasteiger partial charge is 0.449 e. The van der Waals surface area contributed by atoms with Gasteiger partial charge in [0.2, 0.25) is 0 Å². The first-order chi connectivity index (χ1) is 34.8. The highest BCUT2D eigenvalue weighted by molar-refractivity contribution is 7.27. The zero-order valence-electron chi connectivity index (χ0n) is 39.2. The summed E-state index contributed by atoms with van der Waals surface area (Å²) in [5, 5.41) is 7.46. The van der Waals surface area contributed by atoms with E-state index in [1.54, 1.807) is 0 Å². The van der Waals surface area contributed by atoms with E-state index in [4.69, 9.17) is 9.47 Å². The van der Waals surface area contributed by atoms with Crippen LogP contribution in [0.3, 0.4) is 0 Å². The quantitative estimate of drug-likeness (QED) is 0.164. The summed E-state index contributed by atoms with van der Waals surface area (Å²) in [5.41, 5.74) is 15.4. The molecule has 0 aliphatic carbocycles. The number of nitrogens with zero attached hydrogens (tertiary/aromatic N) is 2. The van der Waals surface area contributed by atoms with Gasteiger partial charge in [-0.1, -0.05) is 154 Å². The highest BCUT2D eigenvalue weighted by Gasteiger charge is 2.49. The average Bonchev–Trinajstić information content (AvgIpc) is 3.98. The van der Waals surface area contributed by atoms with Crippen molar-refractivity contribution in [2.75, 3.05) is 9.71 Å². The van der Waals surface area contributed by atoms with Crippen LogP contribution in [0.5, 0.6) is 23.0 Å². The van der Waals surface area contributed by atoms with E-state index in [0.29, 0.717) is 23.0 Å². The zero-order chi connectivity index (χ0) is 47.1. The lowest BCUT2D eigenvalue weighted by molar-refractivity contribution is 0.360. The Morgan fingerprint density at radius 1 is 0.437 bits per heavy atom. The second-order valence-corrected chi connectivity index (χ2v) is 22.1. The van der Waals surface area contributed by atoms with Gasteiger partial charge in [0.15, 0.2) is 23.0 Å². The summed E-state index contributed by atoms with van der Waals surface area (Å²) < 4.78 is 17.4. The van der Waals surface area contributed by atoms with E-state index in [0.717, 1.165) is 22.6 Å². The molecule has 0 saturated heterocycles. The summed E-state index contributed by atoms with van der Waals surface area (Å²) in [6.45, 7) is 6.71. The maximum absolute atomic E-state index is 6.82. The highest BCUT2D eigenvalue weighted by atomic mass is 32.1. The molecule has 71 heavy (non-hydrogen) atoms. The summed E-state index contributed by atoms with van der Waals surface area (Å²) in [6, 6.07) is 75.7. The standard InChI is InChI=1S/C64H43BN2O2S2/c1-64(2,3)43-28-31-50(46(34-43)40-18-8-5-9-19-40)66-52-35-47-45-22-12-15-25-57(45)70-62(47)59-48-36-55-56(69-54-24-14-13-23-53(54)68-55)37-51(48)67(44-29-26-39(27-30-44)38-16-6-4-7-17-38)65(61(52)59)60-49-32-41-20-10-11-21-42(41)33-58(49)71-63(60)66/h4-37H,1-3H3. The molecule has 0 atom stereocenters. The number of hydrogen-bond donors (Lipinski definition) is 0. The fourth-order valence-corrected chi connectivity index (χ4v) is 14.0. The Balaban J connectivity index is 1.10. The Hall–Kier alpha value is -8.10. The van der Waals surface area contributed by atoms with Gasteiger partial charge >= 0.3 is 6.85 Å². The van der Waals surface area contributed by atoms with Gasteiger partial charge < -0.3 is 19.2 Å². The molecule has 0 bridgehead atoms. The first kappa shape index (κ1) is 40.8. The van der Waals surface area contributed by atoms with Crippen molar-refractivity contribution in [3.63, 3.8) is 0 Å². The Morgan fingerprint density at radius 3 is 1.83 bits per heavy atom. The van der Waals surface area contributed by atoms with E-state index in [1.807, 2.05) is 46.9 Å². The summed E-state index contributed by atoms with van der Waals surface area (Å²) in [6.07, 6.45) is 0. The fraction of sp³-hybridized carbons (Fsp3) is 0.0625. The highest BCUT2D eigenvalue weighted by Crippen LogP contribution is 2.58. The van der Waals surface area contributed by atoms with Gasteiger partial charge in [0, 0.05) is 64.7 Å². The first-order valence-electron chi connectivity index (χ1n) is 24.3. The Bertz CT molecular complexity index is 4170. The molecule has 4 nitrogen and oxygen atoms in total. The van der Waals surface area contributed by atoms with E-state index in [2.05, 4.69) is 212 Å². The average molecular weight is 947 g/mol. The van der Waals surface area contributed by atoms with Crippen LogP contribution in [0.2, 0.25) is 0 Å². The van der Waals surface area contributed by atoms with Gasteiger partial charge in [0.05, 0.1) is 10.7 Å². The molecular formula is C64H43BN2O2S2. The zero-order valence-corrected chi connectivity index (χ0v) is 40.9. The molecule has 0 spiro atoms. The van der Waals surface area contributed by atoms with Gasteiger partial charge in [-0.25, -0.2) is 0 Å². The number of thiophene rings is 2. The number of rotatable bonds is 4. The third kappa shape index (κ3) is 6.16. The van der Waals surface area contributed by atoms with E-state index in [1.165, 1.54) is 96.0 Å². The van der Waals surface area contributed by atoms with Crippen molar-refractivity contribution in [1.29, 1.82) is 0 Å². The number of anilines is 5. The van der Waals surface area contributed by atoms with Crippen molar-refractivity contribution in [3.8, 4) is 56.4 Å². The van der Waals surface area contributed by atoms with Gasteiger partial charge in [-0.05, 0) is 121 Å². The van der Waals surface area contributed by atoms with Crippen LogP contribution >= 0.6 is 22.7 Å². The van der Waals surface area contributed by atoms with E-state index in [9.17, 15) is 0 Å². The van der Waals surface area contributed by atoms with Crippen LogP contribution in [0.1, 0.15) is 26.3 Å². The van der Waals surface area contributed by atoms with Crippen LogP contribution in [0.4, 0.5) is 27.8 Å². The van der Waals surface area contributed by atoms with Crippen molar-refractivity contribution in [1.82, 2.24) is 0 Å². The van der Waals surface area contributed by atoms with Crippen molar-refractivity contribution in [2.24, 2.45) is 0 Å².